The number of unbranched alkanes of at least 4 members (excludes halogenated alkanes) is 26. The summed E-state index contributed by atoms with van der Waals surface area (Å²) in [4.78, 5) is 35.2. The quantitative estimate of drug-likeness (QED) is 0.0264. The summed E-state index contributed by atoms with van der Waals surface area (Å²) in [6.45, 7) is 3.64. The van der Waals surface area contributed by atoms with E-state index in [2.05, 4.69) is 123 Å². The van der Waals surface area contributed by atoms with Gasteiger partial charge in [0.1, 0.15) is 6.61 Å². The molecule has 0 saturated carbocycles. The van der Waals surface area contributed by atoms with Crippen LogP contribution in [-0.4, -0.2) is 49.3 Å². The van der Waals surface area contributed by atoms with Gasteiger partial charge >= 0.3 is 19.8 Å². The molecule has 0 amide bonds. The fourth-order valence-electron chi connectivity index (χ4n) is 8.39. The van der Waals surface area contributed by atoms with Crippen LogP contribution in [0.4, 0.5) is 0 Å². The number of allylic oxidation sites excluding steroid dienone is 18. The van der Waals surface area contributed by atoms with Gasteiger partial charge in [-0.2, -0.15) is 0 Å². The second-order valence-corrected chi connectivity index (χ2v) is 21.7. The lowest BCUT2D eigenvalue weighted by atomic mass is 10.0. The molecule has 0 aromatic heterocycles. The summed E-state index contributed by atoms with van der Waals surface area (Å²) < 4.78 is 33.1. The van der Waals surface area contributed by atoms with Gasteiger partial charge in [-0.1, -0.05) is 277 Å². The van der Waals surface area contributed by atoms with Crippen molar-refractivity contribution in [2.45, 2.75) is 270 Å². The largest absolute Gasteiger partial charge is 0.472 e. The van der Waals surface area contributed by atoms with Crippen LogP contribution in [0.5, 0.6) is 0 Å². The van der Waals surface area contributed by atoms with E-state index < -0.39 is 26.5 Å². The van der Waals surface area contributed by atoms with Gasteiger partial charge in [0.05, 0.1) is 13.2 Å². The van der Waals surface area contributed by atoms with Crippen molar-refractivity contribution >= 4 is 19.8 Å². The summed E-state index contributed by atoms with van der Waals surface area (Å²) in [7, 11) is -4.39. The Bertz CT molecular complexity index is 1610. The smallest absolute Gasteiger partial charge is 0.462 e. The van der Waals surface area contributed by atoms with Gasteiger partial charge in [-0.25, -0.2) is 4.57 Å². The molecule has 0 aromatic rings. The predicted octanol–water partition coefficient (Wildman–Crippen LogP) is 19.8. The van der Waals surface area contributed by atoms with Crippen molar-refractivity contribution in [1.82, 2.24) is 0 Å². The highest BCUT2D eigenvalue weighted by molar-refractivity contribution is 7.47. The van der Waals surface area contributed by atoms with Crippen molar-refractivity contribution in [3.8, 4) is 0 Å². The highest BCUT2D eigenvalue weighted by Crippen LogP contribution is 2.43. The van der Waals surface area contributed by atoms with E-state index in [1.54, 1.807) is 0 Å². The molecule has 436 valence electrons. The van der Waals surface area contributed by atoms with E-state index in [-0.39, 0.29) is 38.6 Å². The lowest BCUT2D eigenvalue weighted by Gasteiger charge is -2.19. The molecule has 0 bridgehead atoms. The zero-order valence-corrected chi connectivity index (χ0v) is 49.6. The number of ether oxygens (including phenoxy) is 2. The van der Waals surface area contributed by atoms with E-state index >= 15 is 0 Å². The van der Waals surface area contributed by atoms with E-state index in [4.69, 9.17) is 24.3 Å². The van der Waals surface area contributed by atoms with Crippen LogP contribution in [0.3, 0.4) is 0 Å². The van der Waals surface area contributed by atoms with Gasteiger partial charge in [-0.05, 0) is 83.5 Å². The fraction of sp³-hybridized carbons (Fsp3) is 0.697. The zero-order valence-electron chi connectivity index (χ0n) is 48.7. The van der Waals surface area contributed by atoms with Gasteiger partial charge in [0, 0.05) is 19.4 Å². The monoisotopic (exact) mass is 1080 g/mol. The first kappa shape index (κ1) is 72.7. The van der Waals surface area contributed by atoms with E-state index in [1.807, 2.05) is 0 Å². The molecular formula is C66H114NO8P. The minimum atomic E-state index is -4.39. The maximum atomic E-state index is 12.7. The highest BCUT2D eigenvalue weighted by Gasteiger charge is 2.26. The Morgan fingerprint density at radius 3 is 1.08 bits per heavy atom. The summed E-state index contributed by atoms with van der Waals surface area (Å²) in [5.74, 6) is -0.831. The van der Waals surface area contributed by atoms with Gasteiger partial charge < -0.3 is 20.1 Å². The zero-order chi connectivity index (χ0) is 55.2. The van der Waals surface area contributed by atoms with Gasteiger partial charge in [0.2, 0.25) is 0 Å². The van der Waals surface area contributed by atoms with Crippen molar-refractivity contribution in [1.29, 1.82) is 0 Å². The topological polar surface area (TPSA) is 134 Å². The fourth-order valence-corrected chi connectivity index (χ4v) is 9.16. The molecule has 0 radical (unpaired) electrons. The van der Waals surface area contributed by atoms with E-state index in [1.165, 1.54) is 128 Å². The van der Waals surface area contributed by atoms with E-state index in [0.29, 0.717) is 6.42 Å². The molecule has 0 rings (SSSR count). The molecule has 0 aliphatic heterocycles. The molecule has 76 heavy (non-hydrogen) atoms. The number of hydrogen-bond acceptors (Lipinski definition) is 8. The molecule has 9 nitrogen and oxygen atoms in total. The Morgan fingerprint density at radius 2 is 0.724 bits per heavy atom. The Hall–Kier alpha value is -3.33. The van der Waals surface area contributed by atoms with Crippen LogP contribution < -0.4 is 5.73 Å². The highest BCUT2D eigenvalue weighted by atomic mass is 31.2. The van der Waals surface area contributed by atoms with Crippen LogP contribution in [0.25, 0.3) is 0 Å². The predicted molar refractivity (Wildman–Crippen MR) is 325 cm³/mol. The molecule has 0 aliphatic rings. The lowest BCUT2D eigenvalue weighted by Crippen LogP contribution is -2.29. The first-order chi connectivity index (χ1) is 37.3. The average Bonchev–Trinajstić information content (AvgIpc) is 3.41. The van der Waals surface area contributed by atoms with Crippen molar-refractivity contribution in [2.75, 3.05) is 26.4 Å². The number of carbonyl (C=O) groups excluding carboxylic acids is 2. The number of phosphoric acid groups is 1. The summed E-state index contributed by atoms with van der Waals surface area (Å²) in [5.41, 5.74) is 5.38. The van der Waals surface area contributed by atoms with Gasteiger partial charge in [0.25, 0.3) is 0 Å². The first-order valence-corrected chi connectivity index (χ1v) is 32.4. The van der Waals surface area contributed by atoms with Crippen LogP contribution in [-0.2, 0) is 32.7 Å². The van der Waals surface area contributed by atoms with Gasteiger partial charge in [-0.15, -0.1) is 0 Å². The third kappa shape index (κ3) is 59.9. The second-order valence-electron chi connectivity index (χ2n) is 20.2. The number of esters is 2. The summed E-state index contributed by atoms with van der Waals surface area (Å²) in [6.07, 6.45) is 82.9. The number of carbonyl (C=O) groups is 2. The molecule has 2 atom stereocenters. The van der Waals surface area contributed by atoms with E-state index in [0.717, 1.165) is 103 Å². The minimum absolute atomic E-state index is 0.0491. The van der Waals surface area contributed by atoms with Gasteiger partial charge in [0.15, 0.2) is 6.10 Å². The van der Waals surface area contributed by atoms with Gasteiger partial charge in [-0.3, -0.25) is 18.6 Å². The molecule has 0 aromatic carbocycles. The normalized spacial score (nSPS) is 13.8. The second kappa shape index (κ2) is 60.9. The third-order valence-electron chi connectivity index (χ3n) is 12.9. The molecule has 0 heterocycles. The van der Waals surface area contributed by atoms with Crippen LogP contribution in [0.2, 0.25) is 0 Å². The van der Waals surface area contributed by atoms with Crippen molar-refractivity contribution < 1.29 is 37.6 Å². The standard InChI is InChI=1S/C66H114NO8P/c1-3-5-7-9-11-13-15-17-19-21-23-24-25-26-27-28-29-30-31-32-33-34-35-36-37-38-39-40-41-43-45-47-49-51-53-55-57-59-66(69)75-64(63-74-76(70,71)73-61-60-67)62-72-65(68)58-56-54-52-50-48-46-44-42-22-20-18-16-14-12-10-8-6-4-2/h5,7,11,13,17,19,23-24,26-27,29-30,32-33,35-36,38-39,64H,3-4,6,8-10,12,14-16,18,20-22,25,28,31,34,37,40-63,67H2,1-2H3,(H,70,71)/b7-5-,13-11-,19-17-,24-23-,27-26-,30-29-,33-32-,36-35-,39-38-. The maximum absolute atomic E-state index is 12.7. The van der Waals surface area contributed by atoms with Crippen LogP contribution in [0.15, 0.2) is 109 Å². The van der Waals surface area contributed by atoms with Crippen molar-refractivity contribution in [3.63, 3.8) is 0 Å². The number of nitrogens with two attached hydrogens (primary N) is 1. The molecule has 0 fully saturated rings. The van der Waals surface area contributed by atoms with Crippen LogP contribution in [0.1, 0.15) is 264 Å². The summed E-state index contributed by atoms with van der Waals surface area (Å²) in [5, 5.41) is 0. The molecule has 10 heteroatoms. The lowest BCUT2D eigenvalue weighted by molar-refractivity contribution is -0.161. The maximum Gasteiger partial charge on any atom is 0.472 e. The van der Waals surface area contributed by atoms with Crippen LogP contribution >= 0.6 is 7.82 Å². The Balaban J connectivity index is 3.97. The molecular weight excluding hydrogens is 966 g/mol. The van der Waals surface area contributed by atoms with E-state index in [9.17, 15) is 19.0 Å². The van der Waals surface area contributed by atoms with Crippen LogP contribution in [0, 0.1) is 0 Å². The van der Waals surface area contributed by atoms with Crippen molar-refractivity contribution in [2.24, 2.45) is 5.73 Å². The van der Waals surface area contributed by atoms with Crippen molar-refractivity contribution in [3.05, 3.63) is 109 Å². The minimum Gasteiger partial charge on any atom is -0.462 e. The molecule has 0 saturated heterocycles. The Kier molecular flexibility index (Phi) is 58.2. The molecule has 0 aliphatic carbocycles. The summed E-state index contributed by atoms with van der Waals surface area (Å²) in [6, 6.07) is 0. The SMILES string of the molecule is CC/C=C\C/C=C\C/C=C\C/C=C\C/C=C\C/C=C\C/C=C\C/C=C\C/C=C\CCCCCCCCCCCC(=O)OC(COC(=O)CCCCCCCCCCCCCCCCCCCC)COP(=O)(O)OCCN. The number of phosphoric ester groups is 1. The Morgan fingerprint density at radius 1 is 0.408 bits per heavy atom. The average molecular weight is 1080 g/mol. The Labute approximate surface area is 467 Å². The molecule has 0 spiro atoms. The summed E-state index contributed by atoms with van der Waals surface area (Å²) >= 11 is 0. The number of hydrogen-bond donors (Lipinski definition) is 2. The number of rotatable bonds is 57. The first-order valence-electron chi connectivity index (χ1n) is 30.9. The third-order valence-corrected chi connectivity index (χ3v) is 13.9. The molecule has 3 N–H and O–H groups in total. The molecule has 2 unspecified atom stereocenters.